The van der Waals surface area contributed by atoms with Crippen molar-refractivity contribution in [2.75, 3.05) is 244 Å². The predicted octanol–water partition coefficient (Wildman–Crippen LogP) is -4.55. The van der Waals surface area contributed by atoms with Crippen LogP contribution < -0.4 is 47.9 Å². The highest BCUT2D eigenvalue weighted by molar-refractivity contribution is 6.12. The van der Waals surface area contributed by atoms with Crippen LogP contribution in [0.25, 0.3) is 0 Å². The van der Waals surface area contributed by atoms with Crippen molar-refractivity contribution in [1.82, 2.24) is 52.8 Å². The number of hydrogen-bond donors (Lipinski definition) is 19. The summed E-state index contributed by atoms with van der Waals surface area (Å²) in [5, 5.41) is 118. The van der Waals surface area contributed by atoms with E-state index >= 15 is 0 Å². The van der Waals surface area contributed by atoms with E-state index in [2.05, 4.69) is 53.0 Å². The maximum absolute atomic E-state index is 14.1. The molecule has 3 fully saturated rings. The molecule has 0 unspecified atom stereocenters. The molecule has 12 atom stereocenters. The first-order valence-corrected chi connectivity index (χ1v) is 46.4. The highest BCUT2D eigenvalue weighted by Gasteiger charge is 2.40. The number of ether oxygens (including phenoxy) is 16. The lowest BCUT2D eigenvalue weighted by Crippen LogP contribution is -2.58. The number of nitrogens with zero attached hydrogens (tertiary/aromatic N) is 2. The Morgan fingerprint density at radius 3 is 1.08 bits per heavy atom. The third-order valence-corrected chi connectivity index (χ3v) is 21.0. The summed E-state index contributed by atoms with van der Waals surface area (Å²) in [7, 11) is 0. The van der Waals surface area contributed by atoms with Gasteiger partial charge in [-0.15, -0.1) is 0 Å². The molecule has 0 aromatic heterocycles. The number of rotatable bonds is 84. The lowest BCUT2D eigenvalue weighted by molar-refractivity contribution is -0.257. The SMILES string of the molecule is N=N/C(=C\NCCOCCOCCOCCOCCOCCOCCOCCOCCC(=O)NCCN1C(=O)C=CC1=O)CCC(=O)NC(COCCC(=O)NCCCNC(=O)CCCCO[C@@H]1C[C@H](CO)[C@H](O)[C@H](O)C1)(COCCC(=O)NCCCNC(=O)CCCCO[C@H]1C[C@@H](O)[C@@H](O)[C@@H](CO)O1)COCCC(=O)NCCCNC(=O)CCCCO[C@H]1C[C@@H](O)[C@@H](O)[C@@H](CO)O1. The van der Waals surface area contributed by atoms with Crippen molar-refractivity contribution in [3.63, 3.8) is 0 Å². The van der Waals surface area contributed by atoms with Crippen molar-refractivity contribution < 1.29 is 170 Å². The molecule has 4 rings (SSSR count). The van der Waals surface area contributed by atoms with Gasteiger partial charge in [-0.1, -0.05) is 0 Å². The lowest BCUT2D eigenvalue weighted by atomic mass is 9.83. The van der Waals surface area contributed by atoms with Gasteiger partial charge in [0.2, 0.25) is 47.3 Å². The zero-order valence-corrected chi connectivity index (χ0v) is 76.9. The summed E-state index contributed by atoms with van der Waals surface area (Å²) in [6.07, 6.45) is -1.44. The molecule has 1 saturated carbocycles. The Labute approximate surface area is 777 Å². The van der Waals surface area contributed by atoms with E-state index in [0.717, 1.165) is 4.90 Å². The Bertz CT molecular complexity index is 3040. The van der Waals surface area contributed by atoms with Crippen LogP contribution in [0.2, 0.25) is 0 Å². The van der Waals surface area contributed by atoms with Crippen LogP contribution in [0.5, 0.6) is 0 Å². The minimum atomic E-state index is -1.52. The van der Waals surface area contributed by atoms with Gasteiger partial charge in [0.1, 0.15) is 30.0 Å². The number of allylic oxidation sites excluding steroid dienone is 1. The van der Waals surface area contributed by atoms with Gasteiger partial charge in [-0.3, -0.25) is 52.8 Å². The summed E-state index contributed by atoms with van der Waals surface area (Å²) in [5.74, 6) is -3.82. The molecule has 0 aromatic rings. The van der Waals surface area contributed by atoms with E-state index in [-0.39, 0.29) is 262 Å². The van der Waals surface area contributed by atoms with Crippen LogP contribution >= 0.6 is 0 Å². The molecule has 10 amide bonds. The van der Waals surface area contributed by atoms with E-state index in [1.54, 1.807) is 0 Å². The summed E-state index contributed by atoms with van der Waals surface area (Å²) >= 11 is 0. The number of imide groups is 1. The molecule has 4 aliphatic rings. The summed E-state index contributed by atoms with van der Waals surface area (Å²) in [5.41, 5.74) is 6.59. The predicted molar refractivity (Wildman–Crippen MR) is 469 cm³/mol. The Kier molecular flexibility index (Phi) is 67.3. The van der Waals surface area contributed by atoms with Crippen LogP contribution in [0.1, 0.15) is 141 Å². The van der Waals surface area contributed by atoms with Crippen molar-refractivity contribution in [2.45, 2.75) is 214 Å². The molecule has 0 aromatic carbocycles. The normalized spacial score (nSPS) is 20.9. The Morgan fingerprint density at radius 1 is 0.368 bits per heavy atom. The van der Waals surface area contributed by atoms with Crippen LogP contribution in [0.3, 0.4) is 0 Å². The van der Waals surface area contributed by atoms with E-state index in [0.29, 0.717) is 163 Å². The molecule has 19 N–H and O–H groups in total. The first-order valence-electron chi connectivity index (χ1n) is 46.4. The van der Waals surface area contributed by atoms with E-state index in [1.165, 1.54) is 18.4 Å². The highest BCUT2D eigenvalue weighted by atomic mass is 16.7. The number of aliphatic hydroxyl groups is 9. The molecule has 3 aliphatic heterocycles. The van der Waals surface area contributed by atoms with Gasteiger partial charge in [0.15, 0.2) is 12.6 Å². The first-order chi connectivity index (χ1) is 64.5. The number of carbonyl (C=O) groups excluding carboxylic acids is 10. The Hall–Kier alpha value is -7.22. The van der Waals surface area contributed by atoms with E-state index in [9.17, 15) is 93.9 Å². The van der Waals surface area contributed by atoms with Gasteiger partial charge < -0.3 is 170 Å². The Morgan fingerprint density at radius 2 is 0.707 bits per heavy atom. The molecule has 766 valence electrons. The lowest BCUT2D eigenvalue weighted by Gasteiger charge is -2.36. The smallest absolute Gasteiger partial charge is 0.253 e. The van der Waals surface area contributed by atoms with Crippen LogP contribution in [-0.2, 0) is 124 Å². The van der Waals surface area contributed by atoms with Gasteiger partial charge in [-0.25, -0.2) is 5.53 Å². The fraction of sp³-hybridized carbons (Fsp3) is 0.837. The molecule has 47 nitrogen and oxygen atoms in total. The van der Waals surface area contributed by atoms with Crippen LogP contribution in [0.4, 0.5) is 0 Å². The second-order valence-electron chi connectivity index (χ2n) is 32.0. The average molecular weight is 1910 g/mol. The van der Waals surface area contributed by atoms with E-state index in [1.807, 2.05) is 0 Å². The molecule has 3 heterocycles. The monoisotopic (exact) mass is 1910 g/mol. The molecule has 47 heteroatoms. The zero-order valence-electron chi connectivity index (χ0n) is 76.9. The molecule has 1 aliphatic carbocycles. The van der Waals surface area contributed by atoms with Crippen molar-refractivity contribution >= 4 is 59.1 Å². The molecular formula is C86H152N12O35. The molecule has 0 spiro atoms. The molecule has 2 saturated heterocycles. The topological polar surface area (TPSA) is 648 Å². The van der Waals surface area contributed by atoms with Crippen molar-refractivity contribution in [1.29, 1.82) is 5.53 Å². The zero-order chi connectivity index (χ0) is 96.6. The molecular weight excluding hydrogens is 1760 g/mol. The summed E-state index contributed by atoms with van der Waals surface area (Å²) in [6.45, 7) is 5.55. The van der Waals surface area contributed by atoms with Crippen molar-refractivity contribution in [3.05, 3.63) is 24.0 Å². The van der Waals surface area contributed by atoms with Gasteiger partial charge in [-0.2, -0.15) is 5.11 Å². The highest BCUT2D eigenvalue weighted by Crippen LogP contribution is 2.28. The number of hydrogen-bond acceptors (Lipinski definition) is 38. The van der Waals surface area contributed by atoms with Crippen LogP contribution in [-0.4, -0.2) is 427 Å². The van der Waals surface area contributed by atoms with Gasteiger partial charge in [0.05, 0.1) is 195 Å². The minimum absolute atomic E-state index is 0.0119. The second kappa shape index (κ2) is 75.8. The number of carbonyl (C=O) groups is 10. The van der Waals surface area contributed by atoms with Crippen LogP contribution in [0.15, 0.2) is 29.2 Å². The van der Waals surface area contributed by atoms with Crippen molar-refractivity contribution in [3.8, 4) is 0 Å². The molecule has 0 bridgehead atoms. The third kappa shape index (κ3) is 57.6. The fourth-order valence-electron chi connectivity index (χ4n) is 13.4. The summed E-state index contributed by atoms with van der Waals surface area (Å²) in [4.78, 5) is 127. The Balaban J connectivity index is 1.19. The summed E-state index contributed by atoms with van der Waals surface area (Å²) in [6, 6.07) is 0. The number of unbranched alkanes of at least 4 members (excludes halogenated alkanes) is 3. The van der Waals surface area contributed by atoms with E-state index in [4.69, 9.17) is 81.3 Å². The number of nitrogens with one attached hydrogen (secondary N) is 10. The molecule has 133 heavy (non-hydrogen) atoms. The van der Waals surface area contributed by atoms with Crippen molar-refractivity contribution in [2.24, 2.45) is 11.0 Å². The van der Waals surface area contributed by atoms with Gasteiger partial charge in [-0.05, 0) is 64.2 Å². The minimum Gasteiger partial charge on any atom is -0.396 e. The maximum atomic E-state index is 14.1. The first kappa shape index (κ1) is 118. The van der Waals surface area contributed by atoms with E-state index < -0.39 is 104 Å². The van der Waals surface area contributed by atoms with Gasteiger partial charge in [0.25, 0.3) is 11.8 Å². The average Bonchev–Trinajstić information content (AvgIpc) is 1.82. The summed E-state index contributed by atoms with van der Waals surface area (Å²) < 4.78 is 90.7. The fourth-order valence-corrected chi connectivity index (χ4v) is 13.4. The number of amides is 10. The van der Waals surface area contributed by atoms with Crippen LogP contribution in [0, 0.1) is 11.4 Å². The number of aliphatic hydroxyl groups excluding tert-OH is 9. The van der Waals surface area contributed by atoms with Gasteiger partial charge in [0, 0.05) is 187 Å². The van der Waals surface area contributed by atoms with Gasteiger partial charge >= 0.3 is 0 Å². The third-order valence-electron chi connectivity index (χ3n) is 21.0. The standard InChI is InChI=1S/C86H152N12O35/c87-97-64(56-88-28-37-119-39-41-121-43-45-123-47-49-125-51-50-124-48-46-122-44-42-120-40-38-118-33-17-77(111)95-27-29-98-79(113)15-16-80(98)114)13-14-78(112)96-86(60-126-34-18-74(108)92-24-7-21-89-71(105)10-1-4-30-129-65-52-63(57-99)83(115)66(102)53-65,61-127-35-19-75(109)93-25-8-22-90-72(106)11-2-5-31-130-81-54-67(103)84(116)69(58-100)132-81)62-128-36-20-76(110)94-26-9-23-91-73(107)12-3-6-32-131-82-55-68(104)85(117)70(59-101)133-82/h15-16,56,63,65-70,81-85,87-88,99-104,115-117H,1-14,17-55,57-62H2,(H,89,105)(H,90,106)(H,91,107)(H,92,108)(H,93,109)(H,94,110)(H,95,111)(H,96,112)/b64-56-,97-87?/t63-,65-,66-,67-,68-,69-,70-,81-,82-,83+,84-,85-/m1/s1. The molecule has 0 radical (unpaired) electrons. The maximum Gasteiger partial charge on any atom is 0.253 e. The largest absolute Gasteiger partial charge is 0.396 e. The quantitative estimate of drug-likeness (QED) is 0.0155. The second-order valence-corrected chi connectivity index (χ2v) is 32.0.